The molecule has 106 valence electrons. The first-order valence-corrected chi connectivity index (χ1v) is 6.55. The van der Waals surface area contributed by atoms with Gasteiger partial charge in [-0.2, -0.15) is 0 Å². The zero-order valence-corrected chi connectivity index (χ0v) is 11.0. The van der Waals surface area contributed by atoms with Gasteiger partial charge in [0.05, 0.1) is 5.92 Å². The molecular weight excluding hydrogens is 258 g/mol. The van der Waals surface area contributed by atoms with Crippen LogP contribution in [0, 0.1) is 5.92 Å². The van der Waals surface area contributed by atoms with Crippen molar-refractivity contribution in [2.24, 2.45) is 5.92 Å². The molecule has 0 bridgehead atoms. The van der Waals surface area contributed by atoms with E-state index in [0.29, 0.717) is 13.0 Å². The molecule has 1 atom stereocenters. The molecule has 0 saturated carbocycles. The second-order valence-electron chi connectivity index (χ2n) is 4.89. The number of hydrogen-bond donors (Lipinski definition) is 2. The maximum atomic E-state index is 12.0. The van der Waals surface area contributed by atoms with Crippen molar-refractivity contribution in [3.05, 3.63) is 35.9 Å². The Morgan fingerprint density at radius 2 is 1.95 bits per heavy atom. The zero-order valence-electron chi connectivity index (χ0n) is 11.0. The summed E-state index contributed by atoms with van der Waals surface area (Å²) in [6.45, 7) is 0.872. The standard InChI is InChI=1S/C15H17NO4/c17-13-6-3-11(4-7-13)5-8-14(18)16-9-1-2-12(10-16)15(19)20/h3-8,12,17H,1-2,9-10H2,(H,19,20)/b8-5+. The molecule has 2 rings (SSSR count). The molecule has 1 fully saturated rings. The monoisotopic (exact) mass is 275 g/mol. The van der Waals surface area contributed by atoms with E-state index in [1.807, 2.05) is 0 Å². The van der Waals surface area contributed by atoms with E-state index < -0.39 is 11.9 Å². The largest absolute Gasteiger partial charge is 0.508 e. The zero-order chi connectivity index (χ0) is 14.5. The van der Waals surface area contributed by atoms with Crippen LogP contribution in [0.1, 0.15) is 18.4 Å². The average molecular weight is 275 g/mol. The Hall–Kier alpha value is -2.30. The summed E-state index contributed by atoms with van der Waals surface area (Å²) in [4.78, 5) is 24.5. The lowest BCUT2D eigenvalue weighted by Gasteiger charge is -2.29. The molecule has 1 aromatic carbocycles. The van der Waals surface area contributed by atoms with Crippen molar-refractivity contribution in [1.29, 1.82) is 0 Å². The third-order valence-electron chi connectivity index (χ3n) is 3.39. The van der Waals surface area contributed by atoms with E-state index in [1.54, 1.807) is 35.2 Å². The SMILES string of the molecule is O=C(O)C1CCCN(C(=O)/C=C/c2ccc(O)cc2)C1. The van der Waals surface area contributed by atoms with E-state index >= 15 is 0 Å². The summed E-state index contributed by atoms with van der Waals surface area (Å²) in [6.07, 6.45) is 4.44. The minimum Gasteiger partial charge on any atom is -0.508 e. The van der Waals surface area contributed by atoms with Crippen LogP contribution < -0.4 is 0 Å². The van der Waals surface area contributed by atoms with Gasteiger partial charge in [-0.1, -0.05) is 12.1 Å². The van der Waals surface area contributed by atoms with E-state index in [1.165, 1.54) is 6.08 Å². The van der Waals surface area contributed by atoms with Gasteiger partial charge >= 0.3 is 5.97 Å². The first-order valence-electron chi connectivity index (χ1n) is 6.55. The van der Waals surface area contributed by atoms with Crippen LogP contribution >= 0.6 is 0 Å². The van der Waals surface area contributed by atoms with E-state index in [9.17, 15) is 9.59 Å². The third-order valence-corrected chi connectivity index (χ3v) is 3.39. The van der Waals surface area contributed by atoms with Gasteiger partial charge < -0.3 is 15.1 Å². The fourth-order valence-electron chi connectivity index (χ4n) is 2.24. The first-order chi connectivity index (χ1) is 9.56. The first kappa shape index (κ1) is 14.1. The van der Waals surface area contributed by atoms with Crippen LogP contribution in [0.4, 0.5) is 0 Å². The topological polar surface area (TPSA) is 77.8 Å². The molecule has 0 spiro atoms. The molecule has 2 N–H and O–H groups in total. The minimum atomic E-state index is -0.843. The van der Waals surface area contributed by atoms with Gasteiger partial charge in [-0.05, 0) is 36.6 Å². The number of hydrogen-bond acceptors (Lipinski definition) is 3. The molecule has 0 aromatic heterocycles. The van der Waals surface area contributed by atoms with Crippen LogP contribution in [0.3, 0.4) is 0 Å². The van der Waals surface area contributed by atoms with Crippen molar-refractivity contribution >= 4 is 18.0 Å². The highest BCUT2D eigenvalue weighted by Gasteiger charge is 2.26. The lowest BCUT2D eigenvalue weighted by atomic mass is 9.98. The Bertz CT molecular complexity index is 521. The van der Waals surface area contributed by atoms with Gasteiger partial charge in [-0.25, -0.2) is 0 Å². The number of piperidine rings is 1. The number of amides is 1. The molecule has 0 aliphatic carbocycles. The lowest BCUT2D eigenvalue weighted by molar-refractivity contribution is -0.144. The summed E-state index contributed by atoms with van der Waals surface area (Å²) in [6, 6.07) is 6.50. The smallest absolute Gasteiger partial charge is 0.308 e. The number of carbonyl (C=O) groups excluding carboxylic acids is 1. The van der Waals surface area contributed by atoms with Crippen molar-refractivity contribution in [1.82, 2.24) is 4.90 Å². The molecule has 1 heterocycles. The quantitative estimate of drug-likeness (QED) is 0.823. The van der Waals surface area contributed by atoms with Crippen molar-refractivity contribution in [3.8, 4) is 5.75 Å². The van der Waals surface area contributed by atoms with Crippen molar-refractivity contribution in [2.75, 3.05) is 13.1 Å². The van der Waals surface area contributed by atoms with Crippen molar-refractivity contribution < 1.29 is 19.8 Å². The Balaban J connectivity index is 1.97. The second kappa shape index (κ2) is 6.23. The lowest BCUT2D eigenvalue weighted by Crippen LogP contribution is -2.41. The molecule has 0 radical (unpaired) electrons. The van der Waals surface area contributed by atoms with Gasteiger partial charge in [0.25, 0.3) is 0 Å². The summed E-state index contributed by atoms with van der Waals surface area (Å²) >= 11 is 0. The Morgan fingerprint density at radius 1 is 1.25 bits per heavy atom. The number of nitrogens with zero attached hydrogens (tertiary/aromatic N) is 1. The number of carbonyl (C=O) groups is 2. The van der Waals surface area contributed by atoms with Crippen LogP contribution in [-0.2, 0) is 9.59 Å². The molecule has 1 aromatic rings. The number of phenolic OH excluding ortho intramolecular Hbond substituents is 1. The van der Waals surface area contributed by atoms with Crippen LogP contribution in [0.15, 0.2) is 30.3 Å². The van der Waals surface area contributed by atoms with Crippen LogP contribution in [-0.4, -0.2) is 40.1 Å². The number of carboxylic acids is 1. The molecule has 20 heavy (non-hydrogen) atoms. The van der Waals surface area contributed by atoms with Gasteiger partial charge in [0.15, 0.2) is 0 Å². The molecule has 1 amide bonds. The predicted molar refractivity (Wildman–Crippen MR) is 74.1 cm³/mol. The molecular formula is C15H17NO4. The summed E-state index contributed by atoms with van der Waals surface area (Å²) in [7, 11) is 0. The highest BCUT2D eigenvalue weighted by atomic mass is 16.4. The average Bonchev–Trinajstić information content (AvgIpc) is 2.46. The third kappa shape index (κ3) is 3.60. The highest BCUT2D eigenvalue weighted by Crippen LogP contribution is 2.17. The van der Waals surface area contributed by atoms with Gasteiger partial charge in [0.1, 0.15) is 5.75 Å². The normalized spacial score (nSPS) is 19.2. The maximum Gasteiger partial charge on any atom is 0.308 e. The molecule has 1 saturated heterocycles. The van der Waals surface area contributed by atoms with Crippen LogP contribution in [0.5, 0.6) is 5.75 Å². The number of likely N-dealkylation sites (tertiary alicyclic amines) is 1. The highest BCUT2D eigenvalue weighted by molar-refractivity contribution is 5.92. The fourth-order valence-corrected chi connectivity index (χ4v) is 2.24. The number of aromatic hydroxyl groups is 1. The van der Waals surface area contributed by atoms with Crippen LogP contribution in [0.25, 0.3) is 6.08 Å². The van der Waals surface area contributed by atoms with Gasteiger partial charge in [0.2, 0.25) is 5.91 Å². The number of benzene rings is 1. The summed E-state index contributed by atoms with van der Waals surface area (Å²) in [5, 5.41) is 18.2. The molecule has 1 aliphatic heterocycles. The van der Waals surface area contributed by atoms with E-state index in [-0.39, 0.29) is 18.2 Å². The second-order valence-corrected chi connectivity index (χ2v) is 4.89. The summed E-state index contributed by atoms with van der Waals surface area (Å²) in [5.74, 6) is -1.31. The fraction of sp³-hybridized carbons (Fsp3) is 0.333. The van der Waals surface area contributed by atoms with E-state index in [4.69, 9.17) is 10.2 Å². The molecule has 1 aliphatic rings. The summed E-state index contributed by atoms with van der Waals surface area (Å²) < 4.78 is 0. The Labute approximate surface area is 117 Å². The Morgan fingerprint density at radius 3 is 2.60 bits per heavy atom. The minimum absolute atomic E-state index is 0.175. The number of rotatable bonds is 3. The van der Waals surface area contributed by atoms with E-state index in [2.05, 4.69) is 0 Å². The van der Waals surface area contributed by atoms with Gasteiger partial charge in [-0.15, -0.1) is 0 Å². The van der Waals surface area contributed by atoms with Crippen molar-refractivity contribution in [2.45, 2.75) is 12.8 Å². The summed E-state index contributed by atoms with van der Waals surface area (Å²) in [5.41, 5.74) is 0.808. The van der Waals surface area contributed by atoms with Crippen molar-refractivity contribution in [3.63, 3.8) is 0 Å². The molecule has 5 nitrogen and oxygen atoms in total. The molecule has 1 unspecified atom stereocenters. The Kier molecular flexibility index (Phi) is 4.40. The van der Waals surface area contributed by atoms with Crippen LogP contribution in [0.2, 0.25) is 0 Å². The number of carboxylic acid groups (broad SMARTS) is 1. The maximum absolute atomic E-state index is 12.0. The number of phenols is 1. The number of aliphatic carboxylic acids is 1. The van der Waals surface area contributed by atoms with E-state index in [0.717, 1.165) is 12.0 Å². The molecule has 5 heteroatoms. The van der Waals surface area contributed by atoms with Gasteiger partial charge in [-0.3, -0.25) is 9.59 Å². The predicted octanol–water partition coefficient (Wildman–Crippen LogP) is 1.73. The van der Waals surface area contributed by atoms with Gasteiger partial charge in [0, 0.05) is 19.2 Å².